The van der Waals surface area contributed by atoms with E-state index in [9.17, 15) is 4.79 Å². The Labute approximate surface area is 99.7 Å². The third-order valence-corrected chi connectivity index (χ3v) is 3.34. The SMILES string of the molecule is CC1(C)CCc2cc(SNC=O)ccc2O1. The van der Waals surface area contributed by atoms with Gasteiger partial charge in [0.2, 0.25) is 6.41 Å². The molecule has 1 aromatic rings. The first-order chi connectivity index (χ1) is 7.61. The third-order valence-electron chi connectivity index (χ3n) is 2.64. The fourth-order valence-corrected chi connectivity index (χ4v) is 2.31. The zero-order valence-electron chi connectivity index (χ0n) is 9.45. The summed E-state index contributed by atoms with van der Waals surface area (Å²) in [5.41, 5.74) is 1.15. The van der Waals surface area contributed by atoms with E-state index in [1.54, 1.807) is 0 Å². The van der Waals surface area contributed by atoms with Gasteiger partial charge in [-0.05, 0) is 62.4 Å². The van der Waals surface area contributed by atoms with Crippen LogP contribution in [0, 0.1) is 0 Å². The number of benzene rings is 1. The molecular formula is C12H15NO2S. The number of fused-ring (bicyclic) bond motifs is 1. The van der Waals surface area contributed by atoms with Crippen LogP contribution in [0.2, 0.25) is 0 Å². The van der Waals surface area contributed by atoms with E-state index < -0.39 is 0 Å². The molecule has 2 rings (SSSR count). The van der Waals surface area contributed by atoms with Crippen molar-refractivity contribution in [2.75, 3.05) is 0 Å². The maximum atomic E-state index is 10.2. The van der Waals surface area contributed by atoms with Gasteiger partial charge in [0, 0.05) is 4.90 Å². The molecular weight excluding hydrogens is 222 g/mol. The van der Waals surface area contributed by atoms with E-state index in [1.807, 2.05) is 12.1 Å². The predicted octanol–water partition coefficient (Wildman–Crippen LogP) is 2.54. The van der Waals surface area contributed by atoms with Crippen LogP contribution < -0.4 is 9.46 Å². The molecule has 86 valence electrons. The van der Waals surface area contributed by atoms with E-state index in [0.29, 0.717) is 6.41 Å². The predicted molar refractivity (Wildman–Crippen MR) is 64.5 cm³/mol. The summed E-state index contributed by atoms with van der Waals surface area (Å²) in [4.78, 5) is 11.2. The number of hydrogen-bond donors (Lipinski definition) is 1. The Bertz CT molecular complexity index is 404. The highest BCUT2D eigenvalue weighted by molar-refractivity contribution is 7.97. The minimum absolute atomic E-state index is 0.0668. The molecule has 1 amide bonds. The zero-order valence-corrected chi connectivity index (χ0v) is 10.3. The minimum Gasteiger partial charge on any atom is -0.488 e. The molecule has 4 heteroatoms. The second-order valence-corrected chi connectivity index (χ2v) is 5.38. The van der Waals surface area contributed by atoms with Gasteiger partial charge in [0.25, 0.3) is 0 Å². The molecule has 3 nitrogen and oxygen atoms in total. The summed E-state index contributed by atoms with van der Waals surface area (Å²) >= 11 is 1.32. The van der Waals surface area contributed by atoms with Crippen LogP contribution in [0.3, 0.4) is 0 Å². The summed E-state index contributed by atoms with van der Waals surface area (Å²) in [6.07, 6.45) is 2.73. The van der Waals surface area contributed by atoms with Crippen molar-refractivity contribution in [3.63, 3.8) is 0 Å². The van der Waals surface area contributed by atoms with E-state index in [-0.39, 0.29) is 5.60 Å². The molecule has 1 aromatic carbocycles. The third kappa shape index (κ3) is 2.50. The summed E-state index contributed by atoms with van der Waals surface area (Å²) in [5, 5.41) is 0. The molecule has 1 N–H and O–H groups in total. The van der Waals surface area contributed by atoms with Gasteiger partial charge in [0.05, 0.1) is 0 Å². The number of carbonyl (C=O) groups excluding carboxylic acids is 1. The number of hydrogen-bond acceptors (Lipinski definition) is 3. The molecule has 0 saturated heterocycles. The topological polar surface area (TPSA) is 38.3 Å². The summed E-state index contributed by atoms with van der Waals surface area (Å²) in [5.74, 6) is 0.965. The van der Waals surface area contributed by atoms with E-state index in [0.717, 1.165) is 23.5 Å². The Balaban J connectivity index is 2.18. The molecule has 0 saturated carbocycles. The van der Waals surface area contributed by atoms with Crippen molar-refractivity contribution >= 4 is 18.4 Å². The normalized spacial score (nSPS) is 17.1. The lowest BCUT2D eigenvalue weighted by Crippen LogP contribution is -2.32. The largest absolute Gasteiger partial charge is 0.488 e. The van der Waals surface area contributed by atoms with Crippen LogP contribution in [-0.2, 0) is 11.2 Å². The van der Waals surface area contributed by atoms with Gasteiger partial charge in [-0.2, -0.15) is 0 Å². The molecule has 0 spiro atoms. The van der Waals surface area contributed by atoms with Gasteiger partial charge in [-0.25, -0.2) is 0 Å². The summed E-state index contributed by atoms with van der Waals surface area (Å²) in [7, 11) is 0. The number of carbonyl (C=O) groups is 1. The molecule has 0 aliphatic carbocycles. The Morgan fingerprint density at radius 2 is 2.31 bits per heavy atom. The Morgan fingerprint density at radius 1 is 1.50 bits per heavy atom. The zero-order chi connectivity index (χ0) is 11.6. The maximum Gasteiger partial charge on any atom is 0.217 e. The standard InChI is InChI=1S/C12H15NO2S/c1-12(2)6-5-9-7-10(16-13-8-14)3-4-11(9)15-12/h3-4,7-8H,5-6H2,1-2H3,(H,13,14). The molecule has 0 fully saturated rings. The van der Waals surface area contributed by atoms with Crippen LogP contribution in [-0.4, -0.2) is 12.0 Å². The smallest absolute Gasteiger partial charge is 0.217 e. The lowest BCUT2D eigenvalue weighted by molar-refractivity contribution is -0.107. The van der Waals surface area contributed by atoms with E-state index in [1.165, 1.54) is 17.5 Å². The fraction of sp³-hybridized carbons (Fsp3) is 0.417. The summed E-state index contributed by atoms with van der Waals surface area (Å²) in [6, 6.07) is 6.01. The van der Waals surface area contributed by atoms with Crippen molar-refractivity contribution in [1.82, 2.24) is 4.72 Å². The van der Waals surface area contributed by atoms with Crippen LogP contribution in [0.1, 0.15) is 25.8 Å². The number of amides is 1. The number of aryl methyl sites for hydroxylation is 1. The average molecular weight is 237 g/mol. The van der Waals surface area contributed by atoms with Gasteiger partial charge in [-0.1, -0.05) is 0 Å². The monoisotopic (exact) mass is 237 g/mol. The highest BCUT2D eigenvalue weighted by Gasteiger charge is 2.26. The maximum absolute atomic E-state index is 10.2. The van der Waals surface area contributed by atoms with E-state index in [4.69, 9.17) is 4.74 Å². The van der Waals surface area contributed by atoms with Gasteiger partial charge in [-0.3, -0.25) is 9.52 Å². The van der Waals surface area contributed by atoms with Gasteiger partial charge in [0.15, 0.2) is 0 Å². The van der Waals surface area contributed by atoms with Crippen LogP contribution >= 0.6 is 11.9 Å². The molecule has 0 aromatic heterocycles. The van der Waals surface area contributed by atoms with Gasteiger partial charge >= 0.3 is 0 Å². The number of ether oxygens (including phenoxy) is 1. The molecule has 1 heterocycles. The van der Waals surface area contributed by atoms with Gasteiger partial charge in [0.1, 0.15) is 11.4 Å². The summed E-state index contributed by atoms with van der Waals surface area (Å²) < 4.78 is 8.46. The first-order valence-electron chi connectivity index (χ1n) is 5.29. The molecule has 0 unspecified atom stereocenters. The van der Waals surface area contributed by atoms with E-state index in [2.05, 4.69) is 24.6 Å². The van der Waals surface area contributed by atoms with Gasteiger partial charge < -0.3 is 4.74 Å². The number of rotatable bonds is 3. The van der Waals surface area contributed by atoms with Gasteiger partial charge in [-0.15, -0.1) is 0 Å². The Kier molecular flexibility index (Phi) is 3.10. The molecule has 16 heavy (non-hydrogen) atoms. The Morgan fingerprint density at radius 3 is 3.06 bits per heavy atom. The van der Waals surface area contributed by atoms with Crippen LogP contribution in [0.15, 0.2) is 23.1 Å². The Hall–Kier alpha value is -1.16. The van der Waals surface area contributed by atoms with Crippen LogP contribution in [0.4, 0.5) is 0 Å². The molecule has 0 bridgehead atoms. The lowest BCUT2D eigenvalue weighted by Gasteiger charge is -2.32. The second kappa shape index (κ2) is 4.37. The van der Waals surface area contributed by atoms with E-state index >= 15 is 0 Å². The molecule has 1 aliphatic rings. The van der Waals surface area contributed by atoms with Crippen LogP contribution in [0.25, 0.3) is 0 Å². The van der Waals surface area contributed by atoms with Crippen molar-refractivity contribution < 1.29 is 9.53 Å². The lowest BCUT2D eigenvalue weighted by atomic mass is 9.94. The number of nitrogens with one attached hydrogen (secondary N) is 1. The quantitative estimate of drug-likeness (QED) is 0.648. The summed E-state index contributed by atoms with van der Waals surface area (Å²) in [6.45, 7) is 4.21. The average Bonchev–Trinajstić information content (AvgIpc) is 2.25. The van der Waals surface area contributed by atoms with Crippen molar-refractivity contribution in [1.29, 1.82) is 0 Å². The minimum atomic E-state index is -0.0668. The fourth-order valence-electron chi connectivity index (χ4n) is 1.79. The first-order valence-corrected chi connectivity index (χ1v) is 6.10. The van der Waals surface area contributed by atoms with Crippen molar-refractivity contribution in [2.24, 2.45) is 0 Å². The molecule has 1 aliphatic heterocycles. The highest BCUT2D eigenvalue weighted by atomic mass is 32.2. The molecule has 0 radical (unpaired) electrons. The van der Waals surface area contributed by atoms with Crippen molar-refractivity contribution in [2.45, 2.75) is 37.2 Å². The van der Waals surface area contributed by atoms with Crippen molar-refractivity contribution in [3.8, 4) is 5.75 Å². The van der Waals surface area contributed by atoms with Crippen molar-refractivity contribution in [3.05, 3.63) is 23.8 Å². The molecule has 0 atom stereocenters. The van der Waals surface area contributed by atoms with Crippen LogP contribution in [0.5, 0.6) is 5.75 Å². The first kappa shape index (κ1) is 11.3. The second-order valence-electron chi connectivity index (χ2n) is 4.47. The highest BCUT2D eigenvalue weighted by Crippen LogP contribution is 2.34.